The smallest absolute Gasteiger partial charge is 0.408 e. The Labute approximate surface area is 174 Å². The fraction of sp³-hybridized carbons (Fsp3) is 0.333. The fourth-order valence-electron chi connectivity index (χ4n) is 2.10. The first-order chi connectivity index (χ1) is 14.0. The number of ether oxygens (including phenoxy) is 2. The van der Waals surface area contributed by atoms with Gasteiger partial charge in [0, 0.05) is 11.8 Å². The lowest BCUT2D eigenvalue weighted by atomic mass is 10.2. The Morgan fingerprint density at radius 2 is 1.80 bits per heavy atom. The van der Waals surface area contributed by atoms with Crippen molar-refractivity contribution in [3.05, 3.63) is 36.5 Å². The average molecular weight is 437 g/mol. The summed E-state index contributed by atoms with van der Waals surface area (Å²) in [6.45, 7) is 4.82. The van der Waals surface area contributed by atoms with Crippen LogP contribution in [0.3, 0.4) is 0 Å². The third-order valence-corrected chi connectivity index (χ3v) is 4.72. The molecule has 0 saturated heterocycles. The van der Waals surface area contributed by atoms with Crippen LogP contribution in [-0.2, 0) is 19.6 Å². The van der Waals surface area contributed by atoms with E-state index >= 15 is 0 Å². The summed E-state index contributed by atoms with van der Waals surface area (Å²) >= 11 is 0. The number of carbonyl (C=O) groups excluding carboxylic acids is 2. The minimum Gasteiger partial charge on any atom is -0.495 e. The van der Waals surface area contributed by atoms with Gasteiger partial charge in [-0.2, -0.15) is 5.10 Å². The molecule has 0 aliphatic carbocycles. The van der Waals surface area contributed by atoms with Crippen LogP contribution in [0, 0.1) is 0 Å². The van der Waals surface area contributed by atoms with E-state index in [1.165, 1.54) is 43.6 Å². The van der Waals surface area contributed by atoms with E-state index in [2.05, 4.69) is 25.6 Å². The third kappa shape index (κ3) is 7.20. The number of nitrogens with one attached hydrogen (secondary N) is 3. The van der Waals surface area contributed by atoms with E-state index < -0.39 is 27.6 Å². The molecule has 0 radical (unpaired) electrons. The summed E-state index contributed by atoms with van der Waals surface area (Å²) in [4.78, 5) is 23.4. The molecule has 11 nitrogen and oxygen atoms in total. The Balaban J connectivity index is 1.95. The molecule has 1 aromatic carbocycles. The van der Waals surface area contributed by atoms with Crippen molar-refractivity contribution in [2.24, 2.45) is 0 Å². The predicted octanol–water partition coefficient (Wildman–Crippen LogP) is 1.75. The van der Waals surface area contributed by atoms with Crippen molar-refractivity contribution in [1.82, 2.24) is 15.5 Å². The summed E-state index contributed by atoms with van der Waals surface area (Å²) in [5.41, 5.74) is -0.321. The highest BCUT2D eigenvalue weighted by atomic mass is 32.2. The molecule has 2 amide bonds. The van der Waals surface area contributed by atoms with Gasteiger partial charge in [0.15, 0.2) is 5.82 Å². The maximum Gasteiger partial charge on any atom is 0.408 e. The van der Waals surface area contributed by atoms with Crippen molar-refractivity contribution < 1.29 is 27.5 Å². The van der Waals surface area contributed by atoms with Gasteiger partial charge in [0.25, 0.3) is 10.0 Å². The number of aromatic nitrogens is 2. The van der Waals surface area contributed by atoms with Crippen LogP contribution in [0.5, 0.6) is 5.75 Å². The van der Waals surface area contributed by atoms with Crippen molar-refractivity contribution in [3.8, 4) is 5.75 Å². The lowest BCUT2D eigenvalue weighted by molar-refractivity contribution is -0.115. The molecule has 0 spiro atoms. The molecule has 0 unspecified atom stereocenters. The van der Waals surface area contributed by atoms with E-state index in [0.717, 1.165) is 0 Å². The molecule has 3 N–H and O–H groups in total. The molecule has 12 heteroatoms. The zero-order valence-corrected chi connectivity index (χ0v) is 17.7. The number of amides is 2. The SMILES string of the molecule is COc1cnnc(NS(=O)(=O)c2ccc(NC(=O)CNC(=O)OC(C)(C)C)cc2)c1. The Hall–Kier alpha value is -3.41. The number of nitrogens with zero attached hydrogens (tertiary/aromatic N) is 2. The third-order valence-electron chi connectivity index (χ3n) is 3.34. The van der Waals surface area contributed by atoms with Crippen LogP contribution >= 0.6 is 0 Å². The van der Waals surface area contributed by atoms with E-state index in [9.17, 15) is 18.0 Å². The number of benzene rings is 1. The molecule has 1 aromatic heterocycles. The van der Waals surface area contributed by atoms with E-state index in [4.69, 9.17) is 9.47 Å². The van der Waals surface area contributed by atoms with Crippen LogP contribution in [0.1, 0.15) is 20.8 Å². The van der Waals surface area contributed by atoms with Crippen molar-refractivity contribution in [3.63, 3.8) is 0 Å². The highest BCUT2D eigenvalue weighted by molar-refractivity contribution is 7.92. The lowest BCUT2D eigenvalue weighted by Gasteiger charge is -2.19. The second-order valence-corrected chi connectivity index (χ2v) is 8.70. The van der Waals surface area contributed by atoms with Gasteiger partial charge < -0.3 is 20.1 Å². The maximum atomic E-state index is 12.5. The molecule has 2 aromatic rings. The van der Waals surface area contributed by atoms with Crippen molar-refractivity contribution in [1.29, 1.82) is 0 Å². The van der Waals surface area contributed by atoms with Gasteiger partial charge in [0.1, 0.15) is 17.9 Å². The van der Waals surface area contributed by atoms with E-state index in [1.54, 1.807) is 20.8 Å². The van der Waals surface area contributed by atoms with Crippen molar-refractivity contribution >= 4 is 33.5 Å². The number of hydrogen-bond donors (Lipinski definition) is 3. The first-order valence-corrected chi connectivity index (χ1v) is 10.2. The van der Waals surface area contributed by atoms with Gasteiger partial charge in [-0.3, -0.25) is 9.52 Å². The first-order valence-electron chi connectivity index (χ1n) is 8.75. The molecule has 0 bridgehead atoms. The quantitative estimate of drug-likeness (QED) is 0.593. The molecule has 0 fully saturated rings. The summed E-state index contributed by atoms with van der Waals surface area (Å²) in [5.74, 6) is -0.151. The molecule has 0 atom stereocenters. The van der Waals surface area contributed by atoms with Gasteiger partial charge in [-0.1, -0.05) is 0 Å². The molecule has 0 saturated carbocycles. The number of rotatable bonds is 7. The molecule has 30 heavy (non-hydrogen) atoms. The van der Waals surface area contributed by atoms with Crippen LogP contribution in [-0.4, -0.2) is 49.9 Å². The molecular weight excluding hydrogens is 414 g/mol. The Bertz CT molecular complexity index is 1000. The standard InChI is InChI=1S/C18H23N5O6S/c1-18(2,3)29-17(25)19-11-16(24)21-12-5-7-14(8-6-12)30(26,27)23-15-9-13(28-4)10-20-22-15/h5-10H,11H2,1-4H3,(H,19,25)(H,21,24)(H,22,23). The van der Waals surface area contributed by atoms with Gasteiger partial charge in [-0.15, -0.1) is 5.10 Å². The van der Waals surface area contributed by atoms with E-state index in [1.807, 2.05) is 0 Å². The maximum absolute atomic E-state index is 12.5. The van der Waals surface area contributed by atoms with E-state index in [-0.39, 0.29) is 17.3 Å². The molecule has 2 rings (SSSR count). The first kappa shape index (κ1) is 22.9. The van der Waals surface area contributed by atoms with Crippen molar-refractivity contribution in [2.75, 3.05) is 23.7 Å². The second kappa shape index (κ2) is 9.39. The van der Waals surface area contributed by atoms with Gasteiger partial charge in [0.05, 0.1) is 18.2 Å². The van der Waals surface area contributed by atoms with E-state index in [0.29, 0.717) is 11.4 Å². The van der Waals surface area contributed by atoms with Gasteiger partial charge in [0.2, 0.25) is 5.91 Å². The summed E-state index contributed by atoms with van der Waals surface area (Å²) in [5, 5.41) is 12.2. The average Bonchev–Trinajstić information content (AvgIpc) is 2.65. The number of sulfonamides is 1. The van der Waals surface area contributed by atoms with Gasteiger partial charge in [-0.25, -0.2) is 13.2 Å². The Kier molecular flexibility index (Phi) is 7.16. The van der Waals surface area contributed by atoms with Crippen LogP contribution < -0.4 is 20.1 Å². The number of hydrogen-bond acceptors (Lipinski definition) is 8. The number of methoxy groups -OCH3 is 1. The topological polar surface area (TPSA) is 149 Å². The number of carbonyl (C=O) groups is 2. The van der Waals surface area contributed by atoms with Crippen LogP contribution in [0.25, 0.3) is 0 Å². The molecule has 0 aliphatic heterocycles. The Morgan fingerprint density at radius 1 is 1.13 bits per heavy atom. The van der Waals surface area contributed by atoms with Crippen LogP contribution in [0.4, 0.5) is 16.3 Å². The van der Waals surface area contributed by atoms with Gasteiger partial charge in [-0.05, 0) is 45.0 Å². The molecule has 1 heterocycles. The molecular formula is C18H23N5O6S. The monoisotopic (exact) mass is 437 g/mol. The fourth-order valence-corrected chi connectivity index (χ4v) is 3.08. The lowest BCUT2D eigenvalue weighted by Crippen LogP contribution is -2.37. The van der Waals surface area contributed by atoms with Crippen LogP contribution in [0.2, 0.25) is 0 Å². The normalized spacial score (nSPS) is 11.3. The summed E-state index contributed by atoms with van der Waals surface area (Å²) < 4.78 is 37.2. The minimum absolute atomic E-state index is 0.0000495. The summed E-state index contributed by atoms with van der Waals surface area (Å²) in [6.07, 6.45) is 0.623. The highest BCUT2D eigenvalue weighted by Crippen LogP contribution is 2.19. The Morgan fingerprint density at radius 3 is 2.40 bits per heavy atom. The zero-order chi connectivity index (χ0) is 22.4. The number of anilines is 2. The predicted molar refractivity (Wildman–Crippen MR) is 109 cm³/mol. The van der Waals surface area contributed by atoms with Gasteiger partial charge >= 0.3 is 6.09 Å². The van der Waals surface area contributed by atoms with Crippen molar-refractivity contribution in [2.45, 2.75) is 31.3 Å². The summed E-state index contributed by atoms with van der Waals surface area (Å²) in [7, 11) is -2.49. The molecule has 0 aliphatic rings. The second-order valence-electron chi connectivity index (χ2n) is 7.01. The minimum atomic E-state index is -3.92. The highest BCUT2D eigenvalue weighted by Gasteiger charge is 2.18. The largest absolute Gasteiger partial charge is 0.495 e. The number of alkyl carbamates (subject to hydrolysis) is 1. The summed E-state index contributed by atoms with van der Waals surface area (Å²) in [6, 6.07) is 6.84. The molecule has 162 valence electrons. The zero-order valence-electron chi connectivity index (χ0n) is 16.9. The van der Waals surface area contributed by atoms with Crippen LogP contribution in [0.15, 0.2) is 41.4 Å².